The van der Waals surface area contributed by atoms with E-state index in [1.807, 2.05) is 24.3 Å². The molecule has 2 aromatic rings. The molecule has 4 rings (SSSR count). The number of aromatic nitrogens is 4. The van der Waals surface area contributed by atoms with Crippen molar-refractivity contribution >= 4 is 5.91 Å². The molecule has 1 aromatic carbocycles. The maximum Gasteiger partial charge on any atom is 0.241 e. The van der Waals surface area contributed by atoms with E-state index in [1.165, 1.54) is 12.8 Å². The second kappa shape index (κ2) is 8.34. The van der Waals surface area contributed by atoms with Crippen molar-refractivity contribution < 1.29 is 14.3 Å². The predicted octanol–water partition coefficient (Wildman–Crippen LogP) is 0.615. The fourth-order valence-electron chi connectivity index (χ4n) is 3.37. The fraction of sp³-hybridized carbons (Fsp3) is 0.556. The highest BCUT2D eigenvalue weighted by Gasteiger charge is 2.21. The highest BCUT2D eigenvalue weighted by molar-refractivity contribution is 5.75. The lowest BCUT2D eigenvalue weighted by Crippen LogP contribution is -2.35. The van der Waals surface area contributed by atoms with Crippen LogP contribution in [-0.4, -0.2) is 63.4 Å². The van der Waals surface area contributed by atoms with E-state index >= 15 is 0 Å². The lowest BCUT2D eigenvalue weighted by molar-refractivity contribution is -0.122. The number of carbonyl (C=O) groups excluding carboxylic acids is 1. The van der Waals surface area contributed by atoms with Crippen LogP contribution < -0.4 is 14.8 Å². The average Bonchev–Trinajstić information content (AvgIpc) is 3.34. The number of benzene rings is 1. The molecule has 0 radical (unpaired) electrons. The summed E-state index contributed by atoms with van der Waals surface area (Å²) in [7, 11) is 0. The van der Waals surface area contributed by atoms with Crippen LogP contribution in [0.3, 0.4) is 0 Å². The van der Waals surface area contributed by atoms with Gasteiger partial charge in [-0.05, 0) is 48.5 Å². The minimum absolute atomic E-state index is 0.0704. The maximum atomic E-state index is 12.2. The Hall–Kier alpha value is -2.68. The van der Waals surface area contributed by atoms with Gasteiger partial charge in [-0.1, -0.05) is 12.1 Å². The molecule has 1 N–H and O–H groups in total. The molecule has 2 aliphatic heterocycles. The Kier molecular flexibility index (Phi) is 5.47. The Balaban J connectivity index is 1.21. The largest absolute Gasteiger partial charge is 0.486 e. The number of carbonyl (C=O) groups is 1. The number of para-hydroxylation sites is 2. The van der Waals surface area contributed by atoms with Crippen LogP contribution >= 0.6 is 0 Å². The van der Waals surface area contributed by atoms with Crippen molar-refractivity contribution in [2.75, 3.05) is 26.2 Å². The summed E-state index contributed by atoms with van der Waals surface area (Å²) in [6.07, 6.45) is 3.02. The van der Waals surface area contributed by atoms with Crippen LogP contribution in [0.5, 0.6) is 11.5 Å². The zero-order chi connectivity index (χ0) is 18.5. The number of amides is 1. The zero-order valence-electron chi connectivity index (χ0n) is 15.2. The molecule has 0 unspecified atom stereocenters. The number of fused-ring (bicyclic) bond motifs is 1. The smallest absolute Gasteiger partial charge is 0.241 e. The van der Waals surface area contributed by atoms with Gasteiger partial charge in [0.2, 0.25) is 5.91 Å². The van der Waals surface area contributed by atoms with E-state index in [0.717, 1.165) is 30.4 Å². The number of likely N-dealkylation sites (tertiary alicyclic amines) is 1. The van der Waals surface area contributed by atoms with Gasteiger partial charge < -0.3 is 14.8 Å². The van der Waals surface area contributed by atoms with Gasteiger partial charge >= 0.3 is 0 Å². The monoisotopic (exact) mass is 372 g/mol. The molecule has 144 valence electrons. The molecule has 0 bridgehead atoms. The number of rotatable bonds is 7. The summed E-state index contributed by atoms with van der Waals surface area (Å²) in [4.78, 5) is 14.5. The minimum atomic E-state index is -0.109. The summed E-state index contributed by atoms with van der Waals surface area (Å²) in [5, 5.41) is 14.6. The van der Waals surface area contributed by atoms with E-state index in [9.17, 15) is 4.79 Å². The second-order valence-corrected chi connectivity index (χ2v) is 6.87. The van der Waals surface area contributed by atoms with Crippen molar-refractivity contribution in [3.8, 4) is 11.5 Å². The van der Waals surface area contributed by atoms with Gasteiger partial charge in [-0.25, -0.2) is 4.68 Å². The van der Waals surface area contributed by atoms with Crippen LogP contribution in [0, 0.1) is 0 Å². The zero-order valence-corrected chi connectivity index (χ0v) is 15.2. The Morgan fingerprint density at radius 3 is 2.89 bits per heavy atom. The molecule has 1 saturated heterocycles. The maximum absolute atomic E-state index is 12.2. The summed E-state index contributed by atoms with van der Waals surface area (Å²) in [6, 6.07) is 7.61. The van der Waals surface area contributed by atoms with Gasteiger partial charge in [0.15, 0.2) is 17.3 Å². The molecule has 2 aliphatic rings. The van der Waals surface area contributed by atoms with Crippen LogP contribution in [0.4, 0.5) is 0 Å². The quantitative estimate of drug-likeness (QED) is 0.761. The summed E-state index contributed by atoms with van der Waals surface area (Å²) < 4.78 is 13.2. The van der Waals surface area contributed by atoms with Gasteiger partial charge in [0.1, 0.15) is 19.3 Å². The van der Waals surface area contributed by atoms with Crippen molar-refractivity contribution in [1.82, 2.24) is 30.4 Å². The van der Waals surface area contributed by atoms with Crippen molar-refractivity contribution in [1.29, 1.82) is 0 Å². The van der Waals surface area contributed by atoms with E-state index in [-0.39, 0.29) is 18.6 Å². The summed E-state index contributed by atoms with van der Waals surface area (Å²) >= 11 is 0. The molecule has 9 nitrogen and oxygen atoms in total. The highest BCUT2D eigenvalue weighted by Crippen LogP contribution is 2.31. The van der Waals surface area contributed by atoms with E-state index in [2.05, 4.69) is 25.7 Å². The van der Waals surface area contributed by atoms with E-state index < -0.39 is 0 Å². The lowest BCUT2D eigenvalue weighted by Gasteiger charge is -2.26. The summed E-state index contributed by atoms with van der Waals surface area (Å²) in [6.45, 7) is 3.93. The van der Waals surface area contributed by atoms with Crippen molar-refractivity contribution in [2.45, 2.75) is 38.5 Å². The van der Waals surface area contributed by atoms with E-state index in [4.69, 9.17) is 9.47 Å². The first-order chi connectivity index (χ1) is 13.3. The molecule has 27 heavy (non-hydrogen) atoms. The SMILES string of the molecule is O=C(Cn1nnnc1CN1CCCC1)NCC[C@H]1COc2ccccc2O1. The van der Waals surface area contributed by atoms with Crippen LogP contribution in [0.15, 0.2) is 24.3 Å². The molecule has 1 amide bonds. The standard InChI is InChI=1S/C18H24N6O3/c25-18(12-24-17(20-21-22-24)11-23-9-3-4-10-23)19-8-7-14-13-26-15-5-1-2-6-16(15)27-14/h1-2,5-6,14H,3-4,7-13H2,(H,19,25)/t14-/m0/s1. The molecular weight excluding hydrogens is 348 g/mol. The third-order valence-electron chi connectivity index (χ3n) is 4.82. The average molecular weight is 372 g/mol. The molecule has 3 heterocycles. The molecule has 1 atom stereocenters. The van der Waals surface area contributed by atoms with Gasteiger partial charge in [0, 0.05) is 13.0 Å². The lowest BCUT2D eigenvalue weighted by atomic mass is 10.2. The fourth-order valence-corrected chi connectivity index (χ4v) is 3.37. The second-order valence-electron chi connectivity index (χ2n) is 6.87. The summed E-state index contributed by atoms with van der Waals surface area (Å²) in [5.41, 5.74) is 0. The Bertz CT molecular complexity index is 774. The van der Waals surface area contributed by atoms with Crippen LogP contribution in [0.25, 0.3) is 0 Å². The predicted molar refractivity (Wildman–Crippen MR) is 96.3 cm³/mol. The molecule has 0 saturated carbocycles. The van der Waals surface area contributed by atoms with Gasteiger partial charge in [-0.15, -0.1) is 5.10 Å². The van der Waals surface area contributed by atoms with Crippen molar-refractivity contribution in [3.63, 3.8) is 0 Å². The van der Waals surface area contributed by atoms with Gasteiger partial charge in [0.25, 0.3) is 0 Å². The minimum Gasteiger partial charge on any atom is -0.486 e. The Labute approximate surface area is 157 Å². The number of hydrogen-bond acceptors (Lipinski definition) is 7. The molecule has 9 heteroatoms. The van der Waals surface area contributed by atoms with Crippen LogP contribution in [-0.2, 0) is 17.9 Å². The topological polar surface area (TPSA) is 94.4 Å². The number of ether oxygens (including phenoxy) is 2. The number of nitrogens with one attached hydrogen (secondary N) is 1. The first-order valence-electron chi connectivity index (χ1n) is 9.40. The van der Waals surface area contributed by atoms with E-state index in [1.54, 1.807) is 4.68 Å². The van der Waals surface area contributed by atoms with Crippen molar-refractivity contribution in [2.24, 2.45) is 0 Å². The number of hydrogen-bond donors (Lipinski definition) is 1. The first-order valence-corrected chi connectivity index (χ1v) is 9.40. The number of tetrazole rings is 1. The van der Waals surface area contributed by atoms with E-state index in [0.29, 0.717) is 26.1 Å². The summed E-state index contributed by atoms with van der Waals surface area (Å²) in [5.74, 6) is 2.14. The Morgan fingerprint density at radius 2 is 2.04 bits per heavy atom. The third kappa shape index (κ3) is 4.54. The molecule has 0 spiro atoms. The van der Waals surface area contributed by atoms with Crippen LogP contribution in [0.1, 0.15) is 25.1 Å². The van der Waals surface area contributed by atoms with Crippen molar-refractivity contribution in [3.05, 3.63) is 30.1 Å². The first kappa shape index (κ1) is 17.7. The number of nitrogens with zero attached hydrogens (tertiary/aromatic N) is 5. The normalized spacial score (nSPS) is 19.2. The molecule has 1 aromatic heterocycles. The van der Waals surface area contributed by atoms with Gasteiger partial charge in [-0.3, -0.25) is 9.69 Å². The molecule has 0 aliphatic carbocycles. The third-order valence-corrected chi connectivity index (χ3v) is 4.82. The Morgan fingerprint density at radius 1 is 1.22 bits per heavy atom. The van der Waals surface area contributed by atoms with Gasteiger partial charge in [0.05, 0.1) is 6.54 Å². The molecule has 1 fully saturated rings. The van der Waals surface area contributed by atoms with Gasteiger partial charge in [-0.2, -0.15) is 0 Å². The molecular formula is C18H24N6O3. The highest BCUT2D eigenvalue weighted by atomic mass is 16.6. The van der Waals surface area contributed by atoms with Crippen LogP contribution in [0.2, 0.25) is 0 Å².